The second-order valence-electron chi connectivity index (χ2n) is 4.05. The molecule has 0 atom stereocenters. The number of rotatable bonds is 5. The average molecular weight is 306 g/mol. The molecule has 2 N–H and O–H groups in total. The van der Waals surface area contributed by atoms with Gasteiger partial charge in [-0.1, -0.05) is 18.2 Å². The minimum absolute atomic E-state index is 0.256. The first-order valence-electron chi connectivity index (χ1n) is 6.22. The standard InChI is InChI=1S/C15H15FN2S2/c16-12-6-8-13(9-7-12)18-15(19)17-10-11-20-14-4-2-1-3-5-14/h1-9H,10-11H2,(H2,17,18,19). The van der Waals surface area contributed by atoms with Crippen molar-refractivity contribution >= 4 is 34.8 Å². The SMILES string of the molecule is Fc1ccc(NC(=S)NCCSc2ccccc2)cc1. The van der Waals surface area contributed by atoms with E-state index in [0.717, 1.165) is 18.0 Å². The highest BCUT2D eigenvalue weighted by molar-refractivity contribution is 7.99. The predicted octanol–water partition coefficient (Wildman–Crippen LogP) is 3.90. The maximum Gasteiger partial charge on any atom is 0.170 e. The lowest BCUT2D eigenvalue weighted by Crippen LogP contribution is -2.30. The maximum absolute atomic E-state index is 12.8. The van der Waals surface area contributed by atoms with Crippen molar-refractivity contribution in [1.82, 2.24) is 5.32 Å². The number of nitrogens with one attached hydrogen (secondary N) is 2. The van der Waals surface area contributed by atoms with E-state index >= 15 is 0 Å². The van der Waals surface area contributed by atoms with Gasteiger partial charge in [-0.15, -0.1) is 11.8 Å². The summed E-state index contributed by atoms with van der Waals surface area (Å²) >= 11 is 6.94. The van der Waals surface area contributed by atoms with Gasteiger partial charge in [-0.05, 0) is 48.6 Å². The topological polar surface area (TPSA) is 24.1 Å². The molecule has 5 heteroatoms. The molecule has 0 radical (unpaired) electrons. The summed E-state index contributed by atoms with van der Waals surface area (Å²) in [6, 6.07) is 16.3. The van der Waals surface area contributed by atoms with E-state index in [1.807, 2.05) is 18.2 Å². The van der Waals surface area contributed by atoms with Crippen LogP contribution in [-0.4, -0.2) is 17.4 Å². The minimum atomic E-state index is -0.256. The molecule has 0 amide bonds. The van der Waals surface area contributed by atoms with Crippen LogP contribution in [0, 0.1) is 5.82 Å². The van der Waals surface area contributed by atoms with Crippen LogP contribution >= 0.6 is 24.0 Å². The smallest absolute Gasteiger partial charge is 0.170 e. The van der Waals surface area contributed by atoms with Crippen LogP contribution in [0.1, 0.15) is 0 Å². The van der Waals surface area contributed by atoms with Gasteiger partial charge in [-0.3, -0.25) is 0 Å². The van der Waals surface area contributed by atoms with Crippen LogP contribution < -0.4 is 10.6 Å². The third-order valence-electron chi connectivity index (χ3n) is 2.50. The molecule has 0 aliphatic carbocycles. The molecule has 104 valence electrons. The number of benzene rings is 2. The molecule has 0 aliphatic rings. The third-order valence-corrected chi connectivity index (χ3v) is 3.76. The van der Waals surface area contributed by atoms with Crippen molar-refractivity contribution in [3.05, 3.63) is 60.4 Å². The zero-order chi connectivity index (χ0) is 14.2. The Bertz CT molecular complexity index is 544. The van der Waals surface area contributed by atoms with Gasteiger partial charge in [-0.2, -0.15) is 0 Å². The van der Waals surface area contributed by atoms with Crippen LogP contribution in [0.15, 0.2) is 59.5 Å². The molecule has 0 spiro atoms. The largest absolute Gasteiger partial charge is 0.362 e. The highest BCUT2D eigenvalue weighted by Gasteiger charge is 1.98. The monoisotopic (exact) mass is 306 g/mol. The fourth-order valence-corrected chi connectivity index (χ4v) is 2.57. The number of anilines is 1. The molecule has 0 heterocycles. The van der Waals surface area contributed by atoms with E-state index in [1.54, 1.807) is 23.9 Å². The van der Waals surface area contributed by atoms with Crippen molar-refractivity contribution < 1.29 is 4.39 Å². The van der Waals surface area contributed by atoms with E-state index in [4.69, 9.17) is 12.2 Å². The molecule has 2 rings (SSSR count). The van der Waals surface area contributed by atoms with Crippen molar-refractivity contribution in [2.24, 2.45) is 0 Å². The van der Waals surface area contributed by atoms with E-state index in [2.05, 4.69) is 22.8 Å². The molecule has 20 heavy (non-hydrogen) atoms. The molecule has 0 fully saturated rings. The highest BCUT2D eigenvalue weighted by Crippen LogP contribution is 2.15. The van der Waals surface area contributed by atoms with Gasteiger partial charge in [0.05, 0.1) is 0 Å². The first-order valence-corrected chi connectivity index (χ1v) is 7.62. The second-order valence-corrected chi connectivity index (χ2v) is 5.63. The van der Waals surface area contributed by atoms with Gasteiger partial charge < -0.3 is 10.6 Å². The summed E-state index contributed by atoms with van der Waals surface area (Å²) in [5, 5.41) is 6.68. The fraction of sp³-hybridized carbons (Fsp3) is 0.133. The van der Waals surface area contributed by atoms with Gasteiger partial charge >= 0.3 is 0 Å². The van der Waals surface area contributed by atoms with Gasteiger partial charge in [0.2, 0.25) is 0 Å². The maximum atomic E-state index is 12.8. The first-order chi connectivity index (χ1) is 9.74. The summed E-state index contributed by atoms with van der Waals surface area (Å²) in [5.41, 5.74) is 0.777. The van der Waals surface area contributed by atoms with Crippen molar-refractivity contribution in [3.63, 3.8) is 0 Å². The third kappa shape index (κ3) is 5.19. The van der Waals surface area contributed by atoms with E-state index in [1.165, 1.54) is 17.0 Å². The zero-order valence-electron chi connectivity index (χ0n) is 10.8. The molecular formula is C15H15FN2S2. The number of thiocarbonyl (C=S) groups is 1. The second kappa shape index (κ2) is 7.87. The quantitative estimate of drug-likeness (QED) is 0.497. The van der Waals surface area contributed by atoms with Crippen LogP contribution in [0.5, 0.6) is 0 Å². The zero-order valence-corrected chi connectivity index (χ0v) is 12.4. The van der Waals surface area contributed by atoms with Crippen LogP contribution in [0.3, 0.4) is 0 Å². The summed E-state index contributed by atoms with van der Waals surface area (Å²) in [6.45, 7) is 0.770. The van der Waals surface area contributed by atoms with Crippen molar-refractivity contribution in [2.45, 2.75) is 4.90 Å². The van der Waals surface area contributed by atoms with E-state index in [-0.39, 0.29) is 5.82 Å². The number of hydrogen-bond donors (Lipinski definition) is 2. The number of hydrogen-bond acceptors (Lipinski definition) is 2. The van der Waals surface area contributed by atoms with Crippen molar-refractivity contribution in [1.29, 1.82) is 0 Å². The Hall–Kier alpha value is -1.59. The van der Waals surface area contributed by atoms with Gasteiger partial charge in [0.1, 0.15) is 5.82 Å². The first kappa shape index (κ1) is 14.8. The summed E-state index contributed by atoms with van der Waals surface area (Å²) < 4.78 is 12.8. The highest BCUT2D eigenvalue weighted by atomic mass is 32.2. The lowest BCUT2D eigenvalue weighted by Gasteiger charge is -2.10. The summed E-state index contributed by atoms with van der Waals surface area (Å²) in [6.07, 6.45) is 0. The average Bonchev–Trinajstić information content (AvgIpc) is 2.47. The van der Waals surface area contributed by atoms with Crippen LogP contribution in [0.2, 0.25) is 0 Å². The van der Waals surface area contributed by atoms with Crippen LogP contribution in [0.25, 0.3) is 0 Å². The fourth-order valence-electron chi connectivity index (χ4n) is 1.56. The van der Waals surface area contributed by atoms with Gasteiger partial charge in [0.15, 0.2) is 5.11 Å². The van der Waals surface area contributed by atoms with E-state index < -0.39 is 0 Å². The molecular weight excluding hydrogens is 291 g/mol. The summed E-state index contributed by atoms with van der Waals surface area (Å²) in [4.78, 5) is 1.24. The van der Waals surface area contributed by atoms with Gasteiger partial charge in [-0.25, -0.2) is 4.39 Å². The van der Waals surface area contributed by atoms with Crippen LogP contribution in [-0.2, 0) is 0 Å². The van der Waals surface area contributed by atoms with E-state index in [0.29, 0.717) is 5.11 Å². The normalized spacial score (nSPS) is 10.1. The van der Waals surface area contributed by atoms with E-state index in [9.17, 15) is 4.39 Å². The van der Waals surface area contributed by atoms with Gasteiger partial charge in [0, 0.05) is 22.9 Å². The molecule has 2 aromatic rings. The van der Waals surface area contributed by atoms with Gasteiger partial charge in [0.25, 0.3) is 0 Å². The molecule has 2 nitrogen and oxygen atoms in total. The minimum Gasteiger partial charge on any atom is -0.362 e. The molecule has 0 saturated heterocycles. The lowest BCUT2D eigenvalue weighted by molar-refractivity contribution is 0.628. The Morgan fingerprint density at radius 2 is 1.75 bits per heavy atom. The number of thioether (sulfide) groups is 1. The Morgan fingerprint density at radius 3 is 2.45 bits per heavy atom. The summed E-state index contributed by atoms with van der Waals surface area (Å²) in [7, 11) is 0. The molecule has 0 unspecified atom stereocenters. The van der Waals surface area contributed by atoms with Crippen molar-refractivity contribution in [3.8, 4) is 0 Å². The Kier molecular flexibility index (Phi) is 5.83. The molecule has 2 aromatic carbocycles. The molecule has 0 aromatic heterocycles. The Balaban J connectivity index is 1.66. The lowest BCUT2D eigenvalue weighted by atomic mass is 10.3. The molecule has 0 bridgehead atoms. The predicted molar refractivity (Wildman–Crippen MR) is 87.8 cm³/mol. The van der Waals surface area contributed by atoms with Crippen molar-refractivity contribution in [2.75, 3.05) is 17.6 Å². The number of halogens is 1. The molecule has 0 aliphatic heterocycles. The van der Waals surface area contributed by atoms with Crippen LogP contribution in [0.4, 0.5) is 10.1 Å². The Morgan fingerprint density at radius 1 is 1.05 bits per heavy atom. The molecule has 0 saturated carbocycles. The summed E-state index contributed by atoms with van der Waals surface area (Å²) in [5.74, 6) is 0.670. The Labute approximate surface area is 127 Å².